The van der Waals surface area contributed by atoms with E-state index in [2.05, 4.69) is 50.4 Å². The summed E-state index contributed by atoms with van der Waals surface area (Å²) in [6.45, 7) is 6.55. The van der Waals surface area contributed by atoms with Gasteiger partial charge in [-0.15, -0.1) is 0 Å². The zero-order valence-corrected chi connectivity index (χ0v) is 30.5. The number of para-hydroxylation sites is 1. The van der Waals surface area contributed by atoms with Crippen LogP contribution in [0.2, 0.25) is 0 Å². The monoisotopic (exact) mass is 678 g/mol. The van der Waals surface area contributed by atoms with E-state index in [1.807, 2.05) is 60.7 Å². The molecule has 0 spiro atoms. The molecule has 246 valence electrons. The van der Waals surface area contributed by atoms with E-state index < -0.39 is 33.6 Å². The molecule has 5 aromatic rings. The summed E-state index contributed by atoms with van der Waals surface area (Å²) in [5.74, 6) is -0.527. The summed E-state index contributed by atoms with van der Waals surface area (Å²) < 4.78 is 43.3. The van der Waals surface area contributed by atoms with Gasteiger partial charge in [0.1, 0.15) is 17.1 Å². The second-order valence-corrected chi connectivity index (χ2v) is 13.8. The van der Waals surface area contributed by atoms with Gasteiger partial charge in [0.05, 0.1) is 28.4 Å². The molecule has 0 radical (unpaired) electrons. The first kappa shape index (κ1) is 38.5. The maximum atomic E-state index is 12.1. The van der Waals surface area contributed by atoms with Crippen molar-refractivity contribution in [3.8, 4) is 17.1 Å². The van der Waals surface area contributed by atoms with Crippen LogP contribution in [0.25, 0.3) is 22.3 Å². The molecule has 2 amide bonds. The van der Waals surface area contributed by atoms with Crippen LogP contribution in [0.5, 0.6) is 5.75 Å². The fraction of sp³-hybridized carbons (Fsp3) is 0.243. The van der Waals surface area contributed by atoms with Gasteiger partial charge in [-0.1, -0.05) is 93.6 Å². The minimum absolute atomic E-state index is 0. The number of carbonyl (C=O) groups is 2. The van der Waals surface area contributed by atoms with Gasteiger partial charge in [-0.2, -0.15) is 0 Å². The number of nitrogens with two attached hydrogens (primary N) is 1. The number of fused-ring (bicyclic) bond motifs is 1. The van der Waals surface area contributed by atoms with Crippen molar-refractivity contribution in [1.29, 1.82) is 0 Å². The number of carbonyl (C=O) groups excluding carboxylic acids is 2. The number of hydrogen-bond acceptors (Lipinski definition) is 7. The molecule has 1 unspecified atom stereocenters. The van der Waals surface area contributed by atoms with Crippen molar-refractivity contribution in [3.63, 3.8) is 0 Å². The minimum atomic E-state index is -4.39. The Hall–Kier alpha value is -3.93. The van der Waals surface area contributed by atoms with Gasteiger partial charge < -0.3 is 24.8 Å². The Morgan fingerprint density at radius 1 is 0.896 bits per heavy atom. The summed E-state index contributed by atoms with van der Waals surface area (Å²) in [5.41, 5.74) is 9.61. The van der Waals surface area contributed by atoms with E-state index in [9.17, 15) is 22.6 Å². The maximum absolute atomic E-state index is 12.1. The van der Waals surface area contributed by atoms with Crippen molar-refractivity contribution in [2.75, 3.05) is 18.9 Å². The third-order valence-electron chi connectivity index (χ3n) is 7.08. The molecule has 0 bridgehead atoms. The number of amides is 2. The van der Waals surface area contributed by atoms with E-state index in [1.165, 1.54) is 0 Å². The molecule has 0 saturated heterocycles. The van der Waals surface area contributed by atoms with E-state index in [1.54, 1.807) is 24.3 Å². The number of ether oxygens (including phenoxy) is 1. The van der Waals surface area contributed by atoms with Gasteiger partial charge in [0.25, 0.3) is 5.91 Å². The van der Waals surface area contributed by atoms with Gasteiger partial charge in [0.15, 0.2) is 0 Å². The first-order valence-electron chi connectivity index (χ1n) is 15.1. The van der Waals surface area contributed by atoms with Crippen molar-refractivity contribution in [3.05, 3.63) is 126 Å². The summed E-state index contributed by atoms with van der Waals surface area (Å²) in [6.07, 6.45) is 0.355. The van der Waals surface area contributed by atoms with E-state index in [0.29, 0.717) is 24.3 Å². The molecule has 4 aromatic carbocycles. The molecule has 0 aliphatic heterocycles. The molecule has 0 fully saturated rings. The van der Waals surface area contributed by atoms with Crippen molar-refractivity contribution >= 4 is 32.9 Å². The number of furan rings is 1. The van der Waals surface area contributed by atoms with Crippen LogP contribution in [0.1, 0.15) is 48.2 Å². The topological polar surface area (TPSA) is 152 Å². The zero-order chi connectivity index (χ0) is 34.0. The standard InChI is InChI=1S/C23H30N2O6S.C14H10O.Na/c1-23(2,3)15-31-19-10-8-17(9-11-19)20(21(24)26)14-16-4-6-18(7-5-16)22(27)25-12-13-32(28,29)30;1-2-6-11(7-3-1)14-10-12-8-4-5-9-13(12)15-14;/h4-11,20H,12-15H2,1-3H3,(H2,24,26)(H,25,27)(H,28,29,30);1-10H;/q;;+1/p-1. The first-order chi connectivity index (χ1) is 22.3. The van der Waals surface area contributed by atoms with E-state index in [-0.39, 0.29) is 41.5 Å². The summed E-state index contributed by atoms with van der Waals surface area (Å²) in [6, 6.07) is 34.1. The van der Waals surface area contributed by atoms with Crippen LogP contribution in [-0.4, -0.2) is 43.7 Å². The molecule has 0 aliphatic rings. The van der Waals surface area contributed by atoms with Crippen LogP contribution in [0.15, 0.2) is 114 Å². The number of benzene rings is 4. The van der Waals surface area contributed by atoms with Crippen molar-refractivity contribution in [2.45, 2.75) is 33.1 Å². The molecule has 1 heterocycles. The van der Waals surface area contributed by atoms with Crippen molar-refractivity contribution in [1.82, 2.24) is 5.32 Å². The Balaban J connectivity index is 0.000000322. The van der Waals surface area contributed by atoms with Crippen LogP contribution in [0.3, 0.4) is 0 Å². The third kappa shape index (κ3) is 12.3. The van der Waals surface area contributed by atoms with E-state index >= 15 is 0 Å². The number of nitrogens with one attached hydrogen (secondary N) is 1. The van der Waals surface area contributed by atoms with Gasteiger partial charge in [-0.3, -0.25) is 9.59 Å². The molecule has 0 saturated carbocycles. The quantitative estimate of drug-likeness (QED) is 0.161. The minimum Gasteiger partial charge on any atom is -0.748 e. The average Bonchev–Trinajstić information content (AvgIpc) is 3.48. The average molecular weight is 679 g/mol. The fourth-order valence-electron chi connectivity index (χ4n) is 4.62. The van der Waals surface area contributed by atoms with Gasteiger partial charge in [-0.05, 0) is 59.4 Å². The molecule has 1 atom stereocenters. The van der Waals surface area contributed by atoms with Crippen molar-refractivity contribution in [2.24, 2.45) is 11.1 Å². The molecule has 11 heteroatoms. The molecule has 9 nitrogen and oxygen atoms in total. The van der Waals surface area contributed by atoms with Gasteiger partial charge in [0.2, 0.25) is 5.91 Å². The van der Waals surface area contributed by atoms with Crippen LogP contribution < -0.4 is 45.3 Å². The molecular weight excluding hydrogens is 639 g/mol. The SMILES string of the molecule is CC(C)(C)COc1ccc(C(Cc2ccc(C(=O)NCCS(=O)(=O)[O-])cc2)C(N)=O)cc1.[Na+].c1ccc(-c2cc3ccccc3o2)cc1. The van der Waals surface area contributed by atoms with Crippen LogP contribution >= 0.6 is 0 Å². The molecular formula is C37H39N2NaO7S. The fourth-order valence-corrected chi connectivity index (χ4v) is 4.98. The van der Waals surface area contributed by atoms with Gasteiger partial charge >= 0.3 is 29.6 Å². The Bertz CT molecular complexity index is 1850. The van der Waals surface area contributed by atoms with Crippen LogP contribution in [0, 0.1) is 5.41 Å². The van der Waals surface area contributed by atoms with Gasteiger partial charge in [-0.25, -0.2) is 8.42 Å². The third-order valence-corrected chi connectivity index (χ3v) is 7.78. The Kier molecular flexibility index (Phi) is 14.0. The largest absolute Gasteiger partial charge is 1.00 e. The second-order valence-electron chi connectivity index (χ2n) is 12.3. The number of hydrogen-bond donors (Lipinski definition) is 2. The van der Waals surface area contributed by atoms with E-state index in [4.69, 9.17) is 14.9 Å². The summed E-state index contributed by atoms with van der Waals surface area (Å²) in [4.78, 5) is 24.1. The first-order valence-corrected chi connectivity index (χ1v) is 16.7. The Morgan fingerprint density at radius 2 is 1.52 bits per heavy atom. The summed E-state index contributed by atoms with van der Waals surface area (Å²) in [5, 5.41) is 3.53. The Labute approximate surface area is 303 Å². The summed E-state index contributed by atoms with van der Waals surface area (Å²) >= 11 is 0. The predicted molar refractivity (Wildman–Crippen MR) is 182 cm³/mol. The van der Waals surface area contributed by atoms with Crippen LogP contribution in [0.4, 0.5) is 0 Å². The normalized spacial score (nSPS) is 11.8. The molecule has 5 rings (SSSR count). The molecule has 3 N–H and O–H groups in total. The van der Waals surface area contributed by atoms with E-state index in [0.717, 1.165) is 33.4 Å². The molecule has 0 aliphatic carbocycles. The second kappa shape index (κ2) is 17.5. The smallest absolute Gasteiger partial charge is 0.748 e. The van der Waals surface area contributed by atoms with Crippen LogP contribution in [-0.2, 0) is 21.3 Å². The van der Waals surface area contributed by atoms with Crippen molar-refractivity contribution < 1.29 is 61.3 Å². The van der Waals surface area contributed by atoms with Gasteiger partial charge in [0, 0.05) is 23.1 Å². The molecule has 48 heavy (non-hydrogen) atoms. The predicted octanol–water partition coefficient (Wildman–Crippen LogP) is 3.30. The zero-order valence-electron chi connectivity index (χ0n) is 27.6. The number of rotatable bonds is 11. The number of primary amides is 1. The summed E-state index contributed by atoms with van der Waals surface area (Å²) in [7, 11) is -4.39. The maximum Gasteiger partial charge on any atom is 1.00 e. The molecule has 1 aromatic heterocycles. The Morgan fingerprint density at radius 3 is 2.10 bits per heavy atom.